The largest absolute Gasteiger partial charge is 0.497 e. The number of sulfonamides is 1. The van der Waals surface area contributed by atoms with Crippen LogP contribution in [0.5, 0.6) is 5.75 Å². The maximum absolute atomic E-state index is 12.0. The Morgan fingerprint density at radius 3 is 2.67 bits per heavy atom. The van der Waals surface area contributed by atoms with Crippen molar-refractivity contribution in [3.63, 3.8) is 0 Å². The molecule has 0 aliphatic heterocycles. The quantitative estimate of drug-likeness (QED) is 0.871. The van der Waals surface area contributed by atoms with Crippen molar-refractivity contribution in [2.75, 3.05) is 19.5 Å². The van der Waals surface area contributed by atoms with Crippen LogP contribution in [-0.2, 0) is 10.0 Å². The molecule has 0 aliphatic rings. The van der Waals surface area contributed by atoms with Gasteiger partial charge in [-0.3, -0.25) is 4.79 Å². The third-order valence-electron chi connectivity index (χ3n) is 2.67. The molecule has 0 saturated heterocycles. The lowest BCUT2D eigenvalue weighted by Gasteiger charge is -2.05. The molecule has 8 heteroatoms. The maximum Gasteiger partial charge on any atom is 0.291 e. The number of anilines is 1. The average molecular weight is 310 g/mol. The van der Waals surface area contributed by atoms with Crippen LogP contribution in [0.3, 0.4) is 0 Å². The number of furan rings is 1. The first kappa shape index (κ1) is 15.1. The van der Waals surface area contributed by atoms with E-state index in [0.29, 0.717) is 11.4 Å². The van der Waals surface area contributed by atoms with Crippen molar-refractivity contribution in [2.45, 2.75) is 5.09 Å². The lowest BCUT2D eigenvalue weighted by Crippen LogP contribution is -2.18. The van der Waals surface area contributed by atoms with Crippen LogP contribution in [0, 0.1) is 0 Å². The normalized spacial score (nSPS) is 11.1. The van der Waals surface area contributed by atoms with E-state index in [9.17, 15) is 13.2 Å². The molecule has 1 heterocycles. The number of nitrogens with one attached hydrogen (secondary N) is 2. The summed E-state index contributed by atoms with van der Waals surface area (Å²) in [5.74, 6) is -0.0712. The molecule has 0 saturated carbocycles. The molecule has 112 valence electrons. The van der Waals surface area contributed by atoms with Crippen molar-refractivity contribution < 1.29 is 22.4 Å². The molecule has 0 spiro atoms. The highest BCUT2D eigenvalue weighted by atomic mass is 32.2. The molecular formula is C13H14N2O5S. The molecule has 0 fully saturated rings. The van der Waals surface area contributed by atoms with Gasteiger partial charge >= 0.3 is 0 Å². The molecule has 1 amide bonds. The highest BCUT2D eigenvalue weighted by molar-refractivity contribution is 7.89. The highest BCUT2D eigenvalue weighted by Crippen LogP contribution is 2.19. The number of carbonyl (C=O) groups excluding carboxylic acids is 1. The zero-order valence-corrected chi connectivity index (χ0v) is 12.2. The molecule has 21 heavy (non-hydrogen) atoms. The summed E-state index contributed by atoms with van der Waals surface area (Å²) in [5, 5.41) is 2.27. The van der Waals surface area contributed by atoms with Crippen molar-refractivity contribution >= 4 is 21.6 Å². The van der Waals surface area contributed by atoms with Gasteiger partial charge in [-0.15, -0.1) is 0 Å². The van der Waals surface area contributed by atoms with Gasteiger partial charge in [-0.2, -0.15) is 0 Å². The first-order valence-corrected chi connectivity index (χ1v) is 7.43. The lowest BCUT2D eigenvalue weighted by molar-refractivity contribution is 0.0991. The summed E-state index contributed by atoms with van der Waals surface area (Å²) >= 11 is 0. The van der Waals surface area contributed by atoms with Crippen LogP contribution in [0.25, 0.3) is 0 Å². The number of benzene rings is 1. The molecule has 2 N–H and O–H groups in total. The monoisotopic (exact) mass is 310 g/mol. The predicted octanol–water partition coefficient (Wildman–Crippen LogP) is 1.45. The fourth-order valence-corrected chi connectivity index (χ4v) is 2.23. The van der Waals surface area contributed by atoms with Gasteiger partial charge in [-0.25, -0.2) is 13.1 Å². The zero-order chi connectivity index (χ0) is 15.5. The zero-order valence-electron chi connectivity index (χ0n) is 11.4. The second-order valence-corrected chi connectivity index (χ2v) is 5.83. The number of ether oxygens (including phenoxy) is 1. The summed E-state index contributed by atoms with van der Waals surface area (Å²) in [6, 6.07) is 9.26. The molecule has 0 aliphatic carbocycles. The van der Waals surface area contributed by atoms with Gasteiger partial charge in [0.15, 0.2) is 5.76 Å². The molecule has 0 atom stereocenters. The lowest BCUT2D eigenvalue weighted by atomic mass is 10.3. The van der Waals surface area contributed by atoms with Crippen molar-refractivity contribution in [2.24, 2.45) is 0 Å². The second kappa shape index (κ2) is 5.98. The summed E-state index contributed by atoms with van der Waals surface area (Å²) < 4.78 is 35.2. The minimum absolute atomic E-state index is 0.105. The van der Waals surface area contributed by atoms with Crippen molar-refractivity contribution in [3.05, 3.63) is 42.2 Å². The summed E-state index contributed by atoms with van der Waals surface area (Å²) in [5.41, 5.74) is 0.508. The van der Waals surface area contributed by atoms with Crippen LogP contribution in [0.2, 0.25) is 0 Å². The maximum atomic E-state index is 12.0. The van der Waals surface area contributed by atoms with E-state index < -0.39 is 15.9 Å². The van der Waals surface area contributed by atoms with Gasteiger partial charge in [-0.1, -0.05) is 6.07 Å². The first-order valence-electron chi connectivity index (χ1n) is 5.95. The van der Waals surface area contributed by atoms with Crippen LogP contribution < -0.4 is 14.8 Å². The Balaban J connectivity index is 2.17. The standard InChI is InChI=1S/C13H14N2O5S/c1-14-21(17,18)12-7-6-11(20-12)13(16)15-9-4-3-5-10(8-9)19-2/h3-8,14H,1-2H3,(H,15,16). The van der Waals surface area contributed by atoms with E-state index in [0.717, 1.165) is 0 Å². The van der Waals surface area contributed by atoms with Crippen LogP contribution >= 0.6 is 0 Å². The number of methoxy groups -OCH3 is 1. The molecule has 1 aromatic heterocycles. The fourth-order valence-electron chi connectivity index (χ4n) is 1.58. The summed E-state index contributed by atoms with van der Waals surface area (Å²) in [4.78, 5) is 12.0. The topological polar surface area (TPSA) is 97.6 Å². The van der Waals surface area contributed by atoms with Crippen LogP contribution in [0.15, 0.2) is 45.9 Å². The van der Waals surface area contributed by atoms with Crippen molar-refractivity contribution in [1.82, 2.24) is 4.72 Å². The van der Waals surface area contributed by atoms with Crippen molar-refractivity contribution in [3.8, 4) is 5.75 Å². The Kier molecular flexibility index (Phi) is 4.29. The Labute approximate surface area is 122 Å². The van der Waals surface area contributed by atoms with Crippen molar-refractivity contribution in [1.29, 1.82) is 0 Å². The summed E-state index contributed by atoms with van der Waals surface area (Å²) in [6.45, 7) is 0. The molecule has 0 bridgehead atoms. The van der Waals surface area contributed by atoms with Gasteiger partial charge in [0.05, 0.1) is 7.11 Å². The Morgan fingerprint density at radius 1 is 1.24 bits per heavy atom. The Hall–Kier alpha value is -2.32. The third kappa shape index (κ3) is 3.41. The predicted molar refractivity (Wildman–Crippen MR) is 75.9 cm³/mol. The third-order valence-corrected chi connectivity index (χ3v) is 3.95. The van der Waals surface area contributed by atoms with Crippen LogP contribution in [0.4, 0.5) is 5.69 Å². The summed E-state index contributed by atoms with van der Waals surface area (Å²) in [6.07, 6.45) is 0. The van der Waals surface area contributed by atoms with Gasteiger partial charge in [0, 0.05) is 11.8 Å². The van der Waals surface area contributed by atoms with Crippen LogP contribution in [-0.4, -0.2) is 28.5 Å². The second-order valence-electron chi connectivity index (χ2n) is 4.01. The highest BCUT2D eigenvalue weighted by Gasteiger charge is 2.19. The minimum Gasteiger partial charge on any atom is -0.497 e. The number of amides is 1. The smallest absolute Gasteiger partial charge is 0.291 e. The van der Waals surface area contributed by atoms with Gasteiger partial charge in [0.2, 0.25) is 5.09 Å². The number of rotatable bonds is 5. The molecule has 2 aromatic rings. The van der Waals surface area contributed by atoms with E-state index in [1.165, 1.54) is 26.3 Å². The molecule has 0 unspecified atom stereocenters. The van der Waals surface area contributed by atoms with E-state index in [1.54, 1.807) is 24.3 Å². The van der Waals surface area contributed by atoms with E-state index in [2.05, 4.69) is 10.0 Å². The van der Waals surface area contributed by atoms with E-state index in [1.807, 2.05) is 0 Å². The molecule has 0 radical (unpaired) electrons. The van der Waals surface area contributed by atoms with Gasteiger partial charge in [0.1, 0.15) is 5.75 Å². The Bertz CT molecular complexity index is 751. The Morgan fingerprint density at radius 2 is 2.00 bits per heavy atom. The van der Waals surface area contributed by atoms with E-state index in [4.69, 9.17) is 9.15 Å². The van der Waals surface area contributed by atoms with Crippen LogP contribution in [0.1, 0.15) is 10.6 Å². The molecular weight excluding hydrogens is 296 g/mol. The van der Waals surface area contributed by atoms with E-state index in [-0.39, 0.29) is 10.9 Å². The van der Waals surface area contributed by atoms with E-state index >= 15 is 0 Å². The summed E-state index contributed by atoms with van der Waals surface area (Å²) in [7, 11) is -0.937. The molecule has 7 nitrogen and oxygen atoms in total. The molecule has 1 aromatic carbocycles. The SMILES string of the molecule is CNS(=O)(=O)c1ccc(C(=O)Nc2cccc(OC)c2)o1. The van der Waals surface area contributed by atoms with Gasteiger partial charge in [0.25, 0.3) is 15.9 Å². The number of hydrogen-bond donors (Lipinski definition) is 2. The first-order chi connectivity index (χ1) is 9.96. The minimum atomic E-state index is -3.71. The number of carbonyl (C=O) groups is 1. The average Bonchev–Trinajstić information content (AvgIpc) is 2.98. The van der Waals surface area contributed by atoms with Gasteiger partial charge < -0.3 is 14.5 Å². The molecule has 2 rings (SSSR count). The number of hydrogen-bond acceptors (Lipinski definition) is 5. The fraction of sp³-hybridized carbons (Fsp3) is 0.154. The van der Waals surface area contributed by atoms with Gasteiger partial charge in [-0.05, 0) is 31.3 Å².